The number of nitrogens with one attached hydrogen (secondary N) is 2. The SMILES string of the molecule is COc1ccc(NC(=O)CNCc2ccccn2)cc1OC. The predicted molar refractivity (Wildman–Crippen MR) is 84.1 cm³/mol. The minimum absolute atomic E-state index is 0.136. The lowest BCUT2D eigenvalue weighted by atomic mass is 10.2. The highest BCUT2D eigenvalue weighted by Crippen LogP contribution is 2.29. The van der Waals surface area contributed by atoms with Crippen molar-refractivity contribution in [2.75, 3.05) is 26.1 Å². The summed E-state index contributed by atoms with van der Waals surface area (Å²) in [7, 11) is 3.12. The van der Waals surface area contributed by atoms with E-state index in [9.17, 15) is 4.79 Å². The molecule has 0 spiro atoms. The van der Waals surface area contributed by atoms with Crippen molar-refractivity contribution < 1.29 is 14.3 Å². The van der Waals surface area contributed by atoms with E-state index in [1.807, 2.05) is 18.2 Å². The molecule has 2 aromatic rings. The monoisotopic (exact) mass is 301 g/mol. The number of carbonyl (C=O) groups excluding carboxylic acids is 1. The first-order chi connectivity index (χ1) is 10.7. The standard InChI is InChI=1S/C16H19N3O3/c1-21-14-7-6-12(9-15(14)22-2)19-16(20)11-17-10-13-5-3-4-8-18-13/h3-9,17H,10-11H2,1-2H3,(H,19,20). The molecule has 116 valence electrons. The minimum atomic E-state index is -0.136. The second-order valence-corrected chi connectivity index (χ2v) is 4.54. The van der Waals surface area contributed by atoms with Gasteiger partial charge in [0.15, 0.2) is 11.5 Å². The van der Waals surface area contributed by atoms with E-state index in [2.05, 4.69) is 15.6 Å². The summed E-state index contributed by atoms with van der Waals surface area (Å²) in [6, 6.07) is 10.9. The molecule has 6 nitrogen and oxygen atoms in total. The third kappa shape index (κ3) is 4.46. The van der Waals surface area contributed by atoms with Crippen LogP contribution in [0.2, 0.25) is 0 Å². The Kier molecular flexibility index (Phi) is 5.73. The van der Waals surface area contributed by atoms with Gasteiger partial charge in [-0.2, -0.15) is 0 Å². The number of methoxy groups -OCH3 is 2. The van der Waals surface area contributed by atoms with E-state index in [1.54, 1.807) is 38.6 Å². The Morgan fingerprint density at radius 3 is 2.64 bits per heavy atom. The van der Waals surface area contributed by atoms with Gasteiger partial charge in [-0.05, 0) is 24.3 Å². The molecule has 0 radical (unpaired) electrons. The van der Waals surface area contributed by atoms with Gasteiger partial charge in [0.2, 0.25) is 5.91 Å². The normalized spacial score (nSPS) is 10.1. The lowest BCUT2D eigenvalue weighted by Crippen LogP contribution is -2.27. The number of pyridine rings is 1. The highest BCUT2D eigenvalue weighted by molar-refractivity contribution is 5.92. The third-order valence-corrected chi connectivity index (χ3v) is 2.99. The molecule has 22 heavy (non-hydrogen) atoms. The van der Waals surface area contributed by atoms with E-state index in [4.69, 9.17) is 9.47 Å². The van der Waals surface area contributed by atoms with Crippen LogP contribution in [0.15, 0.2) is 42.6 Å². The van der Waals surface area contributed by atoms with Gasteiger partial charge in [0.25, 0.3) is 0 Å². The molecule has 0 saturated heterocycles. The van der Waals surface area contributed by atoms with Gasteiger partial charge in [0, 0.05) is 24.5 Å². The zero-order valence-corrected chi connectivity index (χ0v) is 12.6. The molecule has 0 bridgehead atoms. The first kappa shape index (κ1) is 15.8. The van der Waals surface area contributed by atoms with Gasteiger partial charge >= 0.3 is 0 Å². The number of benzene rings is 1. The van der Waals surface area contributed by atoms with Crippen molar-refractivity contribution in [3.8, 4) is 11.5 Å². The van der Waals surface area contributed by atoms with Gasteiger partial charge in [-0.15, -0.1) is 0 Å². The molecule has 0 aliphatic carbocycles. The molecule has 0 aliphatic heterocycles. The summed E-state index contributed by atoms with van der Waals surface area (Å²) in [6.45, 7) is 0.741. The molecule has 0 saturated carbocycles. The minimum Gasteiger partial charge on any atom is -0.493 e. The molecule has 1 heterocycles. The first-order valence-corrected chi connectivity index (χ1v) is 6.85. The van der Waals surface area contributed by atoms with Crippen LogP contribution in [0.1, 0.15) is 5.69 Å². The lowest BCUT2D eigenvalue weighted by Gasteiger charge is -2.11. The van der Waals surface area contributed by atoms with Crippen LogP contribution in [0.25, 0.3) is 0 Å². The highest BCUT2D eigenvalue weighted by Gasteiger charge is 2.07. The summed E-state index contributed by atoms with van der Waals surface area (Å²) in [5, 5.41) is 5.84. The van der Waals surface area contributed by atoms with Crippen LogP contribution in [-0.4, -0.2) is 31.7 Å². The molecular formula is C16H19N3O3. The molecule has 1 amide bonds. The summed E-state index contributed by atoms with van der Waals surface area (Å²) < 4.78 is 10.4. The number of hydrogen-bond acceptors (Lipinski definition) is 5. The number of amides is 1. The Hall–Kier alpha value is -2.60. The Balaban J connectivity index is 1.84. The van der Waals surface area contributed by atoms with Gasteiger partial charge in [-0.25, -0.2) is 0 Å². The van der Waals surface area contributed by atoms with Gasteiger partial charge in [-0.1, -0.05) is 6.07 Å². The second kappa shape index (κ2) is 7.99. The smallest absolute Gasteiger partial charge is 0.238 e. The fourth-order valence-corrected chi connectivity index (χ4v) is 1.93. The van der Waals surface area contributed by atoms with Gasteiger partial charge in [-0.3, -0.25) is 9.78 Å². The van der Waals surface area contributed by atoms with Crippen LogP contribution >= 0.6 is 0 Å². The van der Waals surface area contributed by atoms with Crippen LogP contribution in [0.3, 0.4) is 0 Å². The van der Waals surface area contributed by atoms with E-state index in [0.29, 0.717) is 23.7 Å². The highest BCUT2D eigenvalue weighted by atomic mass is 16.5. The van der Waals surface area contributed by atoms with Crippen LogP contribution in [0, 0.1) is 0 Å². The number of anilines is 1. The van der Waals surface area contributed by atoms with Gasteiger partial charge in [0.05, 0.1) is 26.5 Å². The maximum absolute atomic E-state index is 11.9. The molecule has 6 heteroatoms. The van der Waals surface area contributed by atoms with E-state index >= 15 is 0 Å². The Bertz CT molecular complexity index is 617. The predicted octanol–water partition coefficient (Wildman–Crippen LogP) is 1.83. The maximum Gasteiger partial charge on any atom is 0.238 e. The largest absolute Gasteiger partial charge is 0.493 e. The first-order valence-electron chi connectivity index (χ1n) is 6.85. The number of aromatic nitrogens is 1. The molecule has 0 fully saturated rings. The molecule has 1 aromatic carbocycles. The van der Waals surface area contributed by atoms with E-state index < -0.39 is 0 Å². The van der Waals surface area contributed by atoms with E-state index in [0.717, 1.165) is 5.69 Å². The summed E-state index contributed by atoms with van der Waals surface area (Å²) in [5.41, 5.74) is 1.55. The molecule has 0 unspecified atom stereocenters. The van der Waals surface area contributed by atoms with Crippen molar-refractivity contribution in [1.82, 2.24) is 10.3 Å². The molecule has 2 rings (SSSR count). The van der Waals surface area contributed by atoms with Crippen LogP contribution in [0.4, 0.5) is 5.69 Å². The van der Waals surface area contributed by atoms with Gasteiger partial charge < -0.3 is 20.1 Å². The van der Waals surface area contributed by atoms with Crippen molar-refractivity contribution >= 4 is 11.6 Å². The summed E-state index contributed by atoms with van der Waals surface area (Å²) in [5.74, 6) is 1.05. The van der Waals surface area contributed by atoms with Crippen molar-refractivity contribution in [1.29, 1.82) is 0 Å². The zero-order valence-electron chi connectivity index (χ0n) is 12.6. The van der Waals surface area contributed by atoms with E-state index in [-0.39, 0.29) is 12.5 Å². The average molecular weight is 301 g/mol. The zero-order chi connectivity index (χ0) is 15.8. The van der Waals surface area contributed by atoms with Crippen molar-refractivity contribution in [3.63, 3.8) is 0 Å². The molecule has 1 aromatic heterocycles. The molecule has 0 aliphatic rings. The van der Waals surface area contributed by atoms with Crippen LogP contribution in [-0.2, 0) is 11.3 Å². The van der Waals surface area contributed by atoms with Gasteiger partial charge in [0.1, 0.15) is 0 Å². The Labute approximate surface area is 129 Å². The molecular weight excluding hydrogens is 282 g/mol. The Morgan fingerprint density at radius 2 is 1.95 bits per heavy atom. The lowest BCUT2D eigenvalue weighted by molar-refractivity contribution is -0.115. The quantitative estimate of drug-likeness (QED) is 0.816. The third-order valence-electron chi connectivity index (χ3n) is 2.99. The topological polar surface area (TPSA) is 72.5 Å². The summed E-state index contributed by atoms with van der Waals surface area (Å²) in [4.78, 5) is 16.1. The molecule has 0 atom stereocenters. The van der Waals surface area contributed by atoms with E-state index in [1.165, 1.54) is 0 Å². The summed E-state index contributed by atoms with van der Waals surface area (Å²) in [6.07, 6.45) is 1.72. The summed E-state index contributed by atoms with van der Waals surface area (Å²) >= 11 is 0. The average Bonchev–Trinajstić information content (AvgIpc) is 2.55. The van der Waals surface area contributed by atoms with Crippen molar-refractivity contribution in [2.24, 2.45) is 0 Å². The fourth-order valence-electron chi connectivity index (χ4n) is 1.93. The van der Waals surface area contributed by atoms with Crippen molar-refractivity contribution in [2.45, 2.75) is 6.54 Å². The van der Waals surface area contributed by atoms with Crippen LogP contribution in [0.5, 0.6) is 11.5 Å². The molecule has 2 N–H and O–H groups in total. The fraction of sp³-hybridized carbons (Fsp3) is 0.250. The number of hydrogen-bond donors (Lipinski definition) is 2. The number of nitrogens with zero attached hydrogens (tertiary/aromatic N) is 1. The number of ether oxygens (including phenoxy) is 2. The second-order valence-electron chi connectivity index (χ2n) is 4.54. The Morgan fingerprint density at radius 1 is 1.14 bits per heavy atom. The maximum atomic E-state index is 11.9. The van der Waals surface area contributed by atoms with Crippen LogP contribution < -0.4 is 20.1 Å². The number of carbonyl (C=O) groups is 1. The van der Waals surface area contributed by atoms with Crippen molar-refractivity contribution in [3.05, 3.63) is 48.3 Å². The number of rotatable bonds is 7.